The van der Waals surface area contributed by atoms with E-state index in [1.54, 1.807) is 0 Å². The van der Waals surface area contributed by atoms with Crippen LogP contribution in [0.3, 0.4) is 0 Å². The first-order chi connectivity index (χ1) is 8.59. The number of carbonyl (C=O) groups is 1. The largest absolute Gasteiger partial charge is 0.342 e. The van der Waals surface area contributed by atoms with Crippen molar-refractivity contribution < 1.29 is 13.6 Å². The van der Waals surface area contributed by atoms with Gasteiger partial charge in [-0.15, -0.1) is 10.2 Å². The van der Waals surface area contributed by atoms with Crippen LogP contribution in [0, 0.1) is 11.6 Å². The van der Waals surface area contributed by atoms with Crippen LogP contribution >= 0.6 is 0 Å². The number of carbonyl (C=O) groups excluding carboxylic acids is 1. The SMILES string of the molecule is CC(NC(=O)c1nn[nH]n1)c1c(F)cccc1F. The Balaban J connectivity index is 2.17. The molecule has 1 heterocycles. The lowest BCUT2D eigenvalue weighted by molar-refractivity contribution is 0.0928. The summed E-state index contributed by atoms with van der Waals surface area (Å²) < 4.78 is 26.9. The van der Waals surface area contributed by atoms with E-state index in [2.05, 4.69) is 25.9 Å². The van der Waals surface area contributed by atoms with Gasteiger partial charge in [-0.05, 0) is 24.3 Å². The fraction of sp³-hybridized carbons (Fsp3) is 0.200. The lowest BCUT2D eigenvalue weighted by Gasteiger charge is -2.14. The molecule has 2 rings (SSSR count). The molecule has 0 saturated heterocycles. The van der Waals surface area contributed by atoms with Crippen LogP contribution in [0.25, 0.3) is 0 Å². The van der Waals surface area contributed by atoms with Crippen molar-refractivity contribution in [3.8, 4) is 0 Å². The Morgan fingerprint density at radius 2 is 2.06 bits per heavy atom. The molecule has 0 saturated carbocycles. The summed E-state index contributed by atoms with van der Waals surface area (Å²) in [6, 6.07) is 2.64. The minimum atomic E-state index is -0.850. The molecule has 0 aliphatic heterocycles. The molecule has 0 radical (unpaired) electrons. The Labute approximate surface area is 100 Å². The van der Waals surface area contributed by atoms with Crippen LogP contribution in [0.1, 0.15) is 29.1 Å². The topological polar surface area (TPSA) is 83.6 Å². The zero-order valence-electron chi connectivity index (χ0n) is 9.32. The van der Waals surface area contributed by atoms with E-state index in [9.17, 15) is 13.6 Å². The minimum Gasteiger partial charge on any atom is -0.342 e. The van der Waals surface area contributed by atoms with E-state index in [-0.39, 0.29) is 11.4 Å². The molecule has 0 bridgehead atoms. The summed E-state index contributed by atoms with van der Waals surface area (Å²) in [6.07, 6.45) is 0. The maximum absolute atomic E-state index is 13.5. The van der Waals surface area contributed by atoms with Crippen molar-refractivity contribution >= 4 is 5.91 Å². The first-order valence-electron chi connectivity index (χ1n) is 5.08. The number of hydrogen-bond acceptors (Lipinski definition) is 4. The number of nitrogens with one attached hydrogen (secondary N) is 2. The normalized spacial score (nSPS) is 12.2. The molecule has 1 amide bonds. The molecule has 18 heavy (non-hydrogen) atoms. The van der Waals surface area contributed by atoms with Gasteiger partial charge in [-0.2, -0.15) is 5.21 Å². The van der Waals surface area contributed by atoms with Gasteiger partial charge in [0.15, 0.2) is 0 Å². The monoisotopic (exact) mass is 253 g/mol. The predicted molar refractivity (Wildman–Crippen MR) is 56.4 cm³/mol. The van der Waals surface area contributed by atoms with Crippen molar-refractivity contribution in [1.82, 2.24) is 25.9 Å². The van der Waals surface area contributed by atoms with E-state index in [1.165, 1.54) is 13.0 Å². The van der Waals surface area contributed by atoms with Crippen LogP contribution in [0.15, 0.2) is 18.2 Å². The lowest BCUT2D eigenvalue weighted by Crippen LogP contribution is -2.28. The summed E-state index contributed by atoms with van der Waals surface area (Å²) in [5, 5.41) is 14.6. The van der Waals surface area contributed by atoms with Crippen LogP contribution < -0.4 is 5.32 Å². The molecular formula is C10H9F2N5O. The van der Waals surface area contributed by atoms with Crippen molar-refractivity contribution in [2.75, 3.05) is 0 Å². The molecule has 94 valence electrons. The highest BCUT2D eigenvalue weighted by molar-refractivity contribution is 5.90. The van der Waals surface area contributed by atoms with Gasteiger partial charge in [0, 0.05) is 5.56 Å². The molecule has 1 atom stereocenters. The first kappa shape index (κ1) is 12.1. The van der Waals surface area contributed by atoms with E-state index < -0.39 is 23.6 Å². The first-order valence-corrected chi connectivity index (χ1v) is 5.08. The average molecular weight is 253 g/mol. The fourth-order valence-corrected chi connectivity index (χ4v) is 1.52. The van der Waals surface area contributed by atoms with Gasteiger partial charge in [-0.1, -0.05) is 6.07 Å². The number of aromatic nitrogens is 4. The van der Waals surface area contributed by atoms with Crippen molar-refractivity contribution in [1.29, 1.82) is 0 Å². The van der Waals surface area contributed by atoms with E-state index >= 15 is 0 Å². The Hall–Kier alpha value is -2.38. The summed E-state index contributed by atoms with van der Waals surface area (Å²) in [6.45, 7) is 1.46. The number of halogens is 2. The highest BCUT2D eigenvalue weighted by Crippen LogP contribution is 2.20. The van der Waals surface area contributed by atoms with Gasteiger partial charge < -0.3 is 5.32 Å². The molecule has 1 aromatic carbocycles. The summed E-state index contributed by atoms with van der Waals surface area (Å²) in [5.41, 5.74) is -0.214. The molecule has 2 aromatic rings. The number of H-pyrrole nitrogens is 1. The third-order valence-electron chi connectivity index (χ3n) is 2.33. The molecular weight excluding hydrogens is 244 g/mol. The minimum absolute atomic E-state index is 0.196. The van der Waals surface area contributed by atoms with Gasteiger partial charge in [-0.3, -0.25) is 4.79 Å². The van der Waals surface area contributed by atoms with E-state index in [0.717, 1.165) is 12.1 Å². The summed E-state index contributed by atoms with van der Waals surface area (Å²) >= 11 is 0. The Kier molecular flexibility index (Phi) is 3.26. The fourth-order valence-electron chi connectivity index (χ4n) is 1.52. The third-order valence-corrected chi connectivity index (χ3v) is 2.33. The Morgan fingerprint density at radius 3 is 2.61 bits per heavy atom. The lowest BCUT2D eigenvalue weighted by atomic mass is 10.1. The molecule has 1 aromatic heterocycles. The van der Waals surface area contributed by atoms with E-state index in [0.29, 0.717) is 0 Å². The molecule has 0 spiro atoms. The van der Waals surface area contributed by atoms with Crippen molar-refractivity contribution in [3.63, 3.8) is 0 Å². The molecule has 1 unspecified atom stereocenters. The van der Waals surface area contributed by atoms with Gasteiger partial charge in [-0.25, -0.2) is 8.78 Å². The van der Waals surface area contributed by atoms with Crippen LogP contribution in [0.2, 0.25) is 0 Å². The highest BCUT2D eigenvalue weighted by atomic mass is 19.1. The molecule has 0 fully saturated rings. The van der Waals surface area contributed by atoms with Crippen molar-refractivity contribution in [2.24, 2.45) is 0 Å². The third kappa shape index (κ3) is 2.31. The van der Waals surface area contributed by atoms with Gasteiger partial charge in [0.2, 0.25) is 0 Å². The maximum atomic E-state index is 13.5. The quantitative estimate of drug-likeness (QED) is 0.853. The highest BCUT2D eigenvalue weighted by Gasteiger charge is 2.20. The van der Waals surface area contributed by atoms with Gasteiger partial charge >= 0.3 is 0 Å². The summed E-state index contributed by atoms with van der Waals surface area (Å²) in [5.74, 6) is -2.32. The predicted octanol–water partition coefficient (Wildman–Crippen LogP) is 0.969. The molecule has 0 aliphatic rings. The number of hydrogen-bond donors (Lipinski definition) is 2. The number of amides is 1. The average Bonchev–Trinajstić information content (AvgIpc) is 2.81. The molecule has 2 N–H and O–H groups in total. The summed E-state index contributed by atoms with van der Waals surface area (Å²) in [7, 11) is 0. The van der Waals surface area contributed by atoms with E-state index in [1.807, 2.05) is 0 Å². The molecule has 6 nitrogen and oxygen atoms in total. The smallest absolute Gasteiger partial charge is 0.293 e. The van der Waals surface area contributed by atoms with Crippen LogP contribution in [0.5, 0.6) is 0 Å². The van der Waals surface area contributed by atoms with Crippen molar-refractivity contribution in [2.45, 2.75) is 13.0 Å². The van der Waals surface area contributed by atoms with Gasteiger partial charge in [0.25, 0.3) is 11.7 Å². The van der Waals surface area contributed by atoms with Crippen LogP contribution in [-0.2, 0) is 0 Å². The zero-order chi connectivity index (χ0) is 13.1. The zero-order valence-corrected chi connectivity index (χ0v) is 9.32. The maximum Gasteiger partial charge on any atom is 0.293 e. The second-order valence-electron chi connectivity index (χ2n) is 3.57. The number of rotatable bonds is 3. The molecule has 8 heteroatoms. The molecule has 0 aliphatic carbocycles. The second kappa shape index (κ2) is 4.86. The van der Waals surface area contributed by atoms with Crippen molar-refractivity contribution in [3.05, 3.63) is 41.2 Å². The second-order valence-corrected chi connectivity index (χ2v) is 3.57. The number of tetrazole rings is 1. The van der Waals surface area contributed by atoms with Gasteiger partial charge in [0.05, 0.1) is 6.04 Å². The standard InChI is InChI=1S/C10H9F2N5O/c1-5(8-6(11)3-2-4-7(8)12)13-10(18)9-14-16-17-15-9/h2-5H,1H3,(H,13,18)(H,14,15,16,17). The van der Waals surface area contributed by atoms with Gasteiger partial charge in [0.1, 0.15) is 11.6 Å². The van der Waals surface area contributed by atoms with Crippen LogP contribution in [-0.4, -0.2) is 26.5 Å². The van der Waals surface area contributed by atoms with Crippen LogP contribution in [0.4, 0.5) is 8.78 Å². The number of aromatic amines is 1. The number of nitrogens with zero attached hydrogens (tertiary/aromatic N) is 3. The number of benzene rings is 1. The Bertz CT molecular complexity index is 537. The van der Waals surface area contributed by atoms with E-state index in [4.69, 9.17) is 0 Å². The summed E-state index contributed by atoms with van der Waals surface area (Å²) in [4.78, 5) is 11.6. The Morgan fingerprint density at radius 1 is 1.39 bits per heavy atom.